The first-order valence-corrected chi connectivity index (χ1v) is 6.65. The van der Waals surface area contributed by atoms with E-state index in [1.807, 2.05) is 6.92 Å². The van der Waals surface area contributed by atoms with Gasteiger partial charge in [-0.2, -0.15) is 5.10 Å². The van der Waals surface area contributed by atoms with Gasteiger partial charge in [-0.05, 0) is 49.8 Å². The molecule has 0 radical (unpaired) electrons. The van der Waals surface area contributed by atoms with E-state index in [2.05, 4.69) is 28.4 Å². The minimum atomic E-state index is 0.536. The molecule has 0 atom stereocenters. The quantitative estimate of drug-likeness (QED) is 0.849. The number of benzene rings is 1. The molecule has 1 aromatic heterocycles. The van der Waals surface area contributed by atoms with E-state index in [0.717, 1.165) is 17.0 Å². The van der Waals surface area contributed by atoms with Crippen LogP contribution in [0.1, 0.15) is 35.2 Å². The number of aromatic nitrogens is 2. The van der Waals surface area contributed by atoms with Gasteiger partial charge in [0, 0.05) is 23.4 Å². The van der Waals surface area contributed by atoms with Gasteiger partial charge < -0.3 is 5.73 Å². The lowest BCUT2D eigenvalue weighted by Crippen LogP contribution is -2.03. The number of aryl methyl sites for hydroxylation is 3. The van der Waals surface area contributed by atoms with Gasteiger partial charge in [-0.25, -0.2) is 0 Å². The van der Waals surface area contributed by atoms with Crippen LogP contribution < -0.4 is 5.73 Å². The maximum Gasteiger partial charge on any atom is 0.0968 e. The van der Waals surface area contributed by atoms with Crippen molar-refractivity contribution in [1.29, 1.82) is 0 Å². The number of aromatic amines is 1. The van der Waals surface area contributed by atoms with Gasteiger partial charge in [0.05, 0.1) is 5.69 Å². The predicted octanol–water partition coefficient (Wildman–Crippen LogP) is 2.72. The molecule has 18 heavy (non-hydrogen) atoms. The fourth-order valence-corrected chi connectivity index (χ4v) is 2.82. The van der Waals surface area contributed by atoms with Gasteiger partial charge in [0.1, 0.15) is 0 Å². The van der Waals surface area contributed by atoms with Crippen molar-refractivity contribution in [3.8, 4) is 11.3 Å². The number of nitrogens with zero attached hydrogens (tertiary/aromatic N) is 1. The highest BCUT2D eigenvalue weighted by atomic mass is 15.1. The van der Waals surface area contributed by atoms with Gasteiger partial charge in [0.2, 0.25) is 0 Å². The average Bonchev–Trinajstić information content (AvgIpc) is 2.79. The second-order valence-corrected chi connectivity index (χ2v) is 5.07. The Labute approximate surface area is 107 Å². The predicted molar refractivity (Wildman–Crippen MR) is 73.3 cm³/mol. The van der Waals surface area contributed by atoms with Crippen LogP contribution in [0.2, 0.25) is 0 Å². The number of hydrogen-bond donors (Lipinski definition) is 2. The molecule has 3 rings (SSSR count). The summed E-state index contributed by atoms with van der Waals surface area (Å²) in [6.45, 7) is 2.56. The molecular weight excluding hydrogens is 222 g/mol. The summed E-state index contributed by atoms with van der Waals surface area (Å²) >= 11 is 0. The third kappa shape index (κ3) is 1.85. The molecule has 3 nitrogen and oxygen atoms in total. The molecule has 0 bridgehead atoms. The van der Waals surface area contributed by atoms with Gasteiger partial charge in [-0.1, -0.05) is 12.1 Å². The highest BCUT2D eigenvalue weighted by Crippen LogP contribution is 2.28. The van der Waals surface area contributed by atoms with E-state index in [-0.39, 0.29) is 0 Å². The van der Waals surface area contributed by atoms with E-state index >= 15 is 0 Å². The normalized spacial score (nSPS) is 14.6. The lowest BCUT2D eigenvalue weighted by atomic mass is 9.89. The molecule has 0 fully saturated rings. The Hall–Kier alpha value is -1.61. The standard InChI is InChI=1S/C15H19N3/c1-10-14(9-16)15(18-17-10)13-7-6-11-4-2-3-5-12(11)8-13/h6-8H,2-5,9,16H2,1H3,(H,17,18). The molecule has 0 amide bonds. The van der Waals surface area contributed by atoms with Crippen LogP contribution in [0.25, 0.3) is 11.3 Å². The Morgan fingerprint density at radius 2 is 2.00 bits per heavy atom. The number of hydrogen-bond acceptors (Lipinski definition) is 2. The van der Waals surface area contributed by atoms with E-state index in [9.17, 15) is 0 Å². The van der Waals surface area contributed by atoms with Crippen molar-refractivity contribution < 1.29 is 0 Å². The van der Waals surface area contributed by atoms with E-state index in [1.54, 1.807) is 0 Å². The van der Waals surface area contributed by atoms with Crippen LogP contribution in [0.15, 0.2) is 18.2 Å². The maximum atomic E-state index is 5.81. The SMILES string of the molecule is Cc1[nH]nc(-c2ccc3c(c2)CCCC3)c1CN. The molecule has 1 aromatic carbocycles. The van der Waals surface area contributed by atoms with Crippen molar-refractivity contribution in [2.24, 2.45) is 5.73 Å². The Morgan fingerprint density at radius 1 is 1.22 bits per heavy atom. The maximum absolute atomic E-state index is 5.81. The van der Waals surface area contributed by atoms with Gasteiger partial charge in [-0.15, -0.1) is 0 Å². The van der Waals surface area contributed by atoms with Crippen molar-refractivity contribution in [3.63, 3.8) is 0 Å². The summed E-state index contributed by atoms with van der Waals surface area (Å²) in [5.74, 6) is 0. The molecule has 94 valence electrons. The van der Waals surface area contributed by atoms with Crippen LogP contribution in [-0.4, -0.2) is 10.2 Å². The average molecular weight is 241 g/mol. The number of fused-ring (bicyclic) bond motifs is 1. The summed E-state index contributed by atoms with van der Waals surface area (Å²) in [5.41, 5.74) is 13.2. The zero-order valence-corrected chi connectivity index (χ0v) is 10.8. The first-order chi connectivity index (χ1) is 8.79. The molecule has 0 saturated carbocycles. The monoisotopic (exact) mass is 241 g/mol. The second-order valence-electron chi connectivity index (χ2n) is 5.07. The van der Waals surface area contributed by atoms with Crippen LogP contribution in [0.5, 0.6) is 0 Å². The third-order valence-corrected chi connectivity index (χ3v) is 3.90. The highest BCUT2D eigenvalue weighted by molar-refractivity contribution is 5.65. The van der Waals surface area contributed by atoms with E-state index in [4.69, 9.17) is 5.73 Å². The first-order valence-electron chi connectivity index (χ1n) is 6.65. The van der Waals surface area contributed by atoms with E-state index < -0.39 is 0 Å². The lowest BCUT2D eigenvalue weighted by molar-refractivity contribution is 0.686. The zero-order valence-electron chi connectivity index (χ0n) is 10.8. The summed E-state index contributed by atoms with van der Waals surface area (Å²) in [6.07, 6.45) is 5.05. The lowest BCUT2D eigenvalue weighted by Gasteiger charge is -2.16. The van der Waals surface area contributed by atoms with Crippen LogP contribution in [0.3, 0.4) is 0 Å². The molecule has 0 aliphatic heterocycles. The van der Waals surface area contributed by atoms with Crippen molar-refractivity contribution in [2.45, 2.75) is 39.2 Å². The van der Waals surface area contributed by atoms with Crippen LogP contribution in [-0.2, 0) is 19.4 Å². The summed E-state index contributed by atoms with van der Waals surface area (Å²) in [6, 6.07) is 6.73. The molecule has 3 N–H and O–H groups in total. The number of nitrogens with one attached hydrogen (secondary N) is 1. The van der Waals surface area contributed by atoms with E-state index in [1.165, 1.54) is 42.4 Å². The fraction of sp³-hybridized carbons (Fsp3) is 0.400. The minimum absolute atomic E-state index is 0.536. The van der Waals surface area contributed by atoms with Crippen molar-refractivity contribution in [2.75, 3.05) is 0 Å². The molecule has 3 heteroatoms. The molecule has 0 saturated heterocycles. The summed E-state index contributed by atoms with van der Waals surface area (Å²) < 4.78 is 0. The molecule has 2 aromatic rings. The van der Waals surface area contributed by atoms with Gasteiger partial charge in [-0.3, -0.25) is 5.10 Å². The van der Waals surface area contributed by atoms with Crippen molar-refractivity contribution in [1.82, 2.24) is 10.2 Å². The molecule has 1 heterocycles. The van der Waals surface area contributed by atoms with Gasteiger partial charge >= 0.3 is 0 Å². The molecular formula is C15H19N3. The third-order valence-electron chi connectivity index (χ3n) is 3.90. The molecule has 0 spiro atoms. The number of rotatable bonds is 2. The van der Waals surface area contributed by atoms with Gasteiger partial charge in [0.15, 0.2) is 0 Å². The van der Waals surface area contributed by atoms with Crippen molar-refractivity contribution in [3.05, 3.63) is 40.6 Å². The summed E-state index contributed by atoms with van der Waals surface area (Å²) in [7, 11) is 0. The largest absolute Gasteiger partial charge is 0.326 e. The first kappa shape index (κ1) is 11.5. The van der Waals surface area contributed by atoms with Crippen LogP contribution >= 0.6 is 0 Å². The highest BCUT2D eigenvalue weighted by Gasteiger charge is 2.14. The molecule has 1 aliphatic carbocycles. The second kappa shape index (κ2) is 4.58. The smallest absolute Gasteiger partial charge is 0.0968 e. The van der Waals surface area contributed by atoms with Crippen molar-refractivity contribution >= 4 is 0 Å². The molecule has 1 aliphatic rings. The Morgan fingerprint density at radius 3 is 2.78 bits per heavy atom. The molecule has 0 unspecified atom stereocenters. The van der Waals surface area contributed by atoms with Crippen LogP contribution in [0, 0.1) is 6.92 Å². The summed E-state index contributed by atoms with van der Waals surface area (Å²) in [5, 5.41) is 7.44. The number of nitrogens with two attached hydrogens (primary N) is 1. The Kier molecular flexibility index (Phi) is 2.92. The number of H-pyrrole nitrogens is 1. The fourth-order valence-electron chi connectivity index (χ4n) is 2.82. The Bertz CT molecular complexity index is 569. The van der Waals surface area contributed by atoms with Crippen LogP contribution in [0.4, 0.5) is 0 Å². The Balaban J connectivity index is 2.06. The van der Waals surface area contributed by atoms with E-state index in [0.29, 0.717) is 6.54 Å². The zero-order chi connectivity index (χ0) is 12.5. The topological polar surface area (TPSA) is 54.7 Å². The van der Waals surface area contributed by atoms with Gasteiger partial charge in [0.25, 0.3) is 0 Å². The summed E-state index contributed by atoms with van der Waals surface area (Å²) in [4.78, 5) is 0. The minimum Gasteiger partial charge on any atom is -0.326 e.